The molecule has 13 heteroatoms. The maximum atomic E-state index is 13.5. The molecule has 3 aliphatic heterocycles. The van der Waals surface area contributed by atoms with E-state index in [9.17, 15) is 14.4 Å². The zero-order valence-electron chi connectivity index (χ0n) is 34.7. The highest BCUT2D eigenvalue weighted by Gasteiger charge is 2.45. The third kappa shape index (κ3) is 8.64. The minimum absolute atomic E-state index is 0.0202. The molecule has 1 fully saturated rings. The van der Waals surface area contributed by atoms with Gasteiger partial charge in [-0.1, -0.05) is 37.4 Å². The van der Waals surface area contributed by atoms with Crippen LogP contribution < -0.4 is 34.9 Å². The number of ether oxygens (including phenoxy) is 5. The number of halogens is 1. The Bertz CT molecular complexity index is 2400. The molecule has 1 aromatic heterocycles. The first kappa shape index (κ1) is 41.7. The molecule has 5 aliphatic rings. The number of nitrogens with zero attached hydrogens (tertiary/aromatic N) is 3. The van der Waals surface area contributed by atoms with Gasteiger partial charge in [-0.25, -0.2) is 9.79 Å². The monoisotopic (exact) mass is 824 g/mol. The van der Waals surface area contributed by atoms with E-state index in [4.69, 9.17) is 35.3 Å². The van der Waals surface area contributed by atoms with E-state index in [1.165, 1.54) is 11.0 Å². The van der Waals surface area contributed by atoms with Gasteiger partial charge in [0.05, 0.1) is 37.7 Å². The van der Waals surface area contributed by atoms with Crippen molar-refractivity contribution >= 4 is 29.4 Å². The van der Waals surface area contributed by atoms with Crippen LogP contribution in [0.15, 0.2) is 69.2 Å². The van der Waals surface area contributed by atoms with Crippen molar-refractivity contribution in [2.45, 2.75) is 95.8 Å². The number of ketones is 1. The molecule has 0 unspecified atom stereocenters. The van der Waals surface area contributed by atoms with Crippen LogP contribution in [0.5, 0.6) is 28.7 Å². The number of aliphatic imine (C=N–C) groups is 1. The van der Waals surface area contributed by atoms with Crippen molar-refractivity contribution < 1.29 is 28.5 Å². The van der Waals surface area contributed by atoms with Gasteiger partial charge in [-0.15, -0.1) is 0 Å². The molecule has 3 atom stereocenters. The van der Waals surface area contributed by atoms with E-state index in [0.717, 1.165) is 94.9 Å². The Labute approximate surface area is 349 Å². The predicted molar refractivity (Wildman–Crippen MR) is 229 cm³/mol. The number of aromatic nitrogens is 2. The van der Waals surface area contributed by atoms with Crippen LogP contribution in [0.4, 0.5) is 5.69 Å². The van der Waals surface area contributed by atoms with E-state index in [2.05, 4.69) is 16.6 Å². The number of benzene rings is 3. The van der Waals surface area contributed by atoms with Gasteiger partial charge in [0.2, 0.25) is 0 Å². The molecule has 0 bridgehead atoms. The van der Waals surface area contributed by atoms with Gasteiger partial charge >= 0.3 is 5.69 Å². The summed E-state index contributed by atoms with van der Waals surface area (Å²) in [4.78, 5) is 46.9. The average molecular weight is 825 g/mol. The Morgan fingerprint density at radius 1 is 0.949 bits per heavy atom. The molecule has 9 rings (SSSR count). The van der Waals surface area contributed by atoms with Gasteiger partial charge in [-0.2, -0.15) is 0 Å². The van der Waals surface area contributed by atoms with Gasteiger partial charge in [0, 0.05) is 60.0 Å². The van der Waals surface area contributed by atoms with Crippen LogP contribution in [0, 0.1) is 6.92 Å². The second-order valence-electron chi connectivity index (χ2n) is 16.0. The van der Waals surface area contributed by atoms with Gasteiger partial charge in [0.15, 0.2) is 17.3 Å². The lowest BCUT2D eigenvalue weighted by Crippen LogP contribution is -2.43. The molecule has 4 heterocycles. The van der Waals surface area contributed by atoms with Crippen LogP contribution in [0.25, 0.3) is 0 Å². The number of carbonyl (C=O) groups is 1. The number of fused-ring (bicyclic) bond motifs is 7. The topological polar surface area (TPSA) is 134 Å². The van der Waals surface area contributed by atoms with Gasteiger partial charge in [-0.3, -0.25) is 14.2 Å². The second-order valence-corrected chi connectivity index (χ2v) is 16.4. The number of nitrogens with one attached hydrogen (secondary N) is 1. The van der Waals surface area contributed by atoms with Crippen LogP contribution in [-0.4, -0.2) is 73.7 Å². The van der Waals surface area contributed by atoms with Crippen molar-refractivity contribution in [3.05, 3.63) is 114 Å². The molecule has 0 spiro atoms. The summed E-state index contributed by atoms with van der Waals surface area (Å²) in [5.41, 5.74) is 6.79. The minimum Gasteiger partial charge on any atom is -0.493 e. The van der Waals surface area contributed by atoms with Gasteiger partial charge in [-0.05, 0) is 93.5 Å². The third-order valence-electron chi connectivity index (χ3n) is 11.6. The number of methoxy groups -OCH3 is 2. The fraction of sp³-hybridized carbons (Fsp3) is 0.435. The summed E-state index contributed by atoms with van der Waals surface area (Å²) >= 11 is 5.82. The van der Waals surface area contributed by atoms with E-state index < -0.39 is 12.0 Å². The SMILES string of the molecule is C=C(C)[C@H]1Cc2c(ccc3c2O[C@@H]2COc4cc(OC)c(OC)cc4[C@@H]2C3=O)O1.Cc1cc(Cl)ccc1N=CN(C)C.O=c1[nH]c2c(c(=O)n1C1CCCCC1)CCC2. The maximum absolute atomic E-state index is 13.5. The number of hydrogen-bond acceptors (Lipinski definition) is 9. The van der Waals surface area contributed by atoms with Crippen molar-refractivity contribution in [2.75, 3.05) is 34.9 Å². The highest BCUT2D eigenvalue weighted by atomic mass is 35.5. The normalized spacial score (nSPS) is 19.8. The van der Waals surface area contributed by atoms with Crippen LogP contribution in [0.3, 0.4) is 0 Å². The molecule has 3 aromatic carbocycles. The van der Waals surface area contributed by atoms with Crippen molar-refractivity contribution in [3.63, 3.8) is 0 Å². The first-order valence-corrected chi connectivity index (χ1v) is 20.7. The minimum atomic E-state index is -0.455. The highest BCUT2D eigenvalue weighted by molar-refractivity contribution is 6.30. The molecule has 1 N–H and O–H groups in total. The Balaban J connectivity index is 0.000000149. The summed E-state index contributed by atoms with van der Waals surface area (Å²) < 4.78 is 30.5. The zero-order chi connectivity index (χ0) is 42.0. The Kier molecular flexibility index (Phi) is 12.6. The number of hydrogen-bond donors (Lipinski definition) is 1. The molecular formula is C46H53ClN4O8. The van der Waals surface area contributed by atoms with Gasteiger partial charge < -0.3 is 33.6 Å². The molecular weight excluding hydrogens is 772 g/mol. The summed E-state index contributed by atoms with van der Waals surface area (Å²) in [5, 5.41) is 0.751. The van der Waals surface area contributed by atoms with E-state index in [0.29, 0.717) is 35.0 Å². The molecule has 0 radical (unpaired) electrons. The van der Waals surface area contributed by atoms with Gasteiger partial charge in [0.1, 0.15) is 36.1 Å². The summed E-state index contributed by atoms with van der Waals surface area (Å²) in [6.07, 6.45) is 10.1. The second kappa shape index (κ2) is 17.8. The number of carbonyl (C=O) groups excluding carboxylic acids is 1. The summed E-state index contributed by atoms with van der Waals surface area (Å²) in [7, 11) is 7.02. The van der Waals surface area contributed by atoms with Crippen LogP contribution in [-0.2, 0) is 19.3 Å². The lowest BCUT2D eigenvalue weighted by molar-refractivity contribution is 0.0554. The number of H-pyrrole nitrogens is 1. The van der Waals surface area contributed by atoms with E-state index in [1.807, 2.05) is 63.2 Å². The van der Waals surface area contributed by atoms with Crippen molar-refractivity contribution in [3.8, 4) is 28.7 Å². The highest BCUT2D eigenvalue weighted by Crippen LogP contribution is 2.50. The standard InChI is InChI=1S/C23H22O6.C13H18N2O2.C10H13ClN2/c1-11(2)16-8-14-15(28-16)6-5-12-22(24)21-13-7-18(25-3)19(26-4)9-17(13)27-10-20(21)29-23(12)14;16-12-10-7-4-8-11(10)14-13(17)15(12)9-5-2-1-3-6-9;1-8-6-9(11)4-5-10(8)12-7-13(2)3/h5-7,9,16,20-21H,1,8,10H2,2-4H3;9H,1-8H2,(H,14,17);4-7H,1-3H3/t16-,20-,21+;;/m1../s1. The number of Topliss-reactive ketones (excluding diaryl/α,β-unsaturated/α-hetero) is 1. The molecule has 2 aliphatic carbocycles. The molecule has 4 aromatic rings. The van der Waals surface area contributed by atoms with Crippen LogP contribution >= 0.6 is 11.6 Å². The Morgan fingerprint density at radius 2 is 1.69 bits per heavy atom. The average Bonchev–Trinajstić information content (AvgIpc) is 3.89. The predicted octanol–water partition coefficient (Wildman–Crippen LogP) is 8.10. The smallest absolute Gasteiger partial charge is 0.328 e. The summed E-state index contributed by atoms with van der Waals surface area (Å²) in [6, 6.07) is 13.0. The molecule has 0 saturated heterocycles. The molecule has 12 nitrogen and oxygen atoms in total. The maximum Gasteiger partial charge on any atom is 0.328 e. The van der Waals surface area contributed by atoms with Crippen molar-refractivity contribution in [1.29, 1.82) is 0 Å². The Hall–Kier alpha value is -5.49. The summed E-state index contributed by atoms with van der Waals surface area (Å²) in [5.74, 6) is 2.68. The first-order valence-electron chi connectivity index (χ1n) is 20.3. The fourth-order valence-electron chi connectivity index (χ4n) is 8.50. The number of rotatable bonds is 6. The Morgan fingerprint density at radius 3 is 2.39 bits per heavy atom. The van der Waals surface area contributed by atoms with Crippen molar-refractivity contribution in [2.24, 2.45) is 4.99 Å². The summed E-state index contributed by atoms with van der Waals surface area (Å²) in [6.45, 7) is 8.22. The van der Waals surface area contributed by atoms with E-state index in [1.54, 1.807) is 32.7 Å². The zero-order valence-corrected chi connectivity index (χ0v) is 35.4. The fourth-order valence-corrected chi connectivity index (χ4v) is 8.72. The lowest BCUT2D eigenvalue weighted by atomic mass is 9.81. The van der Waals surface area contributed by atoms with Crippen molar-refractivity contribution in [1.82, 2.24) is 14.5 Å². The largest absolute Gasteiger partial charge is 0.493 e. The van der Waals surface area contributed by atoms with E-state index >= 15 is 0 Å². The van der Waals surface area contributed by atoms with Crippen LogP contribution in [0.2, 0.25) is 5.02 Å². The van der Waals surface area contributed by atoms with E-state index in [-0.39, 0.29) is 35.8 Å². The molecule has 59 heavy (non-hydrogen) atoms. The molecule has 0 amide bonds. The molecule has 1 saturated carbocycles. The van der Waals surface area contributed by atoms with Crippen LogP contribution in [0.1, 0.15) is 95.7 Å². The van der Waals surface area contributed by atoms with Gasteiger partial charge in [0.25, 0.3) is 5.56 Å². The molecule has 312 valence electrons. The quantitative estimate of drug-likeness (QED) is 0.116. The first-order chi connectivity index (χ1) is 28.4. The number of aromatic amines is 1. The number of aryl methyl sites for hydroxylation is 2. The third-order valence-corrected chi connectivity index (χ3v) is 11.8. The lowest BCUT2D eigenvalue weighted by Gasteiger charge is -2.37.